The minimum atomic E-state index is -1.24. The van der Waals surface area contributed by atoms with Crippen LogP contribution in [-0.4, -0.2) is 42.0 Å². The van der Waals surface area contributed by atoms with Gasteiger partial charge in [-0.25, -0.2) is 4.79 Å². The van der Waals surface area contributed by atoms with Gasteiger partial charge in [-0.1, -0.05) is 24.3 Å². The van der Waals surface area contributed by atoms with Gasteiger partial charge in [0.1, 0.15) is 0 Å². The molecule has 6 nitrogen and oxygen atoms in total. The lowest BCUT2D eigenvalue weighted by Gasteiger charge is -2.15. The Labute approximate surface area is 158 Å². The first kappa shape index (κ1) is 20.3. The number of aryl methyl sites for hydroxylation is 3. The topological polar surface area (TPSA) is 92.7 Å². The van der Waals surface area contributed by atoms with E-state index in [0.29, 0.717) is 11.1 Å². The molecule has 0 bridgehead atoms. The van der Waals surface area contributed by atoms with Gasteiger partial charge in [0.2, 0.25) is 5.78 Å². The normalized spacial score (nSPS) is 11.6. The van der Waals surface area contributed by atoms with Crippen LogP contribution in [0.15, 0.2) is 42.5 Å². The van der Waals surface area contributed by atoms with E-state index in [2.05, 4.69) is 5.32 Å². The molecule has 0 fully saturated rings. The van der Waals surface area contributed by atoms with Crippen LogP contribution in [-0.2, 0) is 9.53 Å². The van der Waals surface area contributed by atoms with Gasteiger partial charge in [0, 0.05) is 11.1 Å². The van der Waals surface area contributed by atoms with Crippen LogP contribution in [0.1, 0.15) is 37.4 Å². The number of aliphatic hydroxyl groups is 1. The molecular weight excluding hydrogens is 346 g/mol. The summed E-state index contributed by atoms with van der Waals surface area (Å²) in [5.41, 5.74) is 3.68. The highest BCUT2D eigenvalue weighted by Gasteiger charge is 2.23. The number of carbonyl (C=O) groups excluding carboxylic acids is 3. The van der Waals surface area contributed by atoms with E-state index in [-0.39, 0.29) is 5.78 Å². The molecule has 0 aliphatic rings. The Morgan fingerprint density at radius 3 is 2.26 bits per heavy atom. The summed E-state index contributed by atoms with van der Waals surface area (Å²) in [5, 5.41) is 11.8. The summed E-state index contributed by atoms with van der Waals surface area (Å²) in [4.78, 5) is 36.6. The molecule has 1 atom stereocenters. The molecule has 27 heavy (non-hydrogen) atoms. The van der Waals surface area contributed by atoms with Crippen LogP contribution in [0.5, 0.6) is 0 Å². The van der Waals surface area contributed by atoms with E-state index in [4.69, 9.17) is 4.74 Å². The van der Waals surface area contributed by atoms with Crippen LogP contribution in [0.4, 0.5) is 0 Å². The molecular formula is C21H23NO5. The monoisotopic (exact) mass is 369 g/mol. The molecule has 6 heteroatoms. The van der Waals surface area contributed by atoms with Crippen LogP contribution >= 0.6 is 0 Å². The number of hydrogen-bond donors (Lipinski definition) is 2. The molecule has 2 aromatic carbocycles. The van der Waals surface area contributed by atoms with Gasteiger partial charge in [-0.2, -0.15) is 0 Å². The smallest absolute Gasteiger partial charge is 0.331 e. The van der Waals surface area contributed by atoms with Gasteiger partial charge >= 0.3 is 5.97 Å². The lowest BCUT2D eigenvalue weighted by molar-refractivity contribution is -0.145. The van der Waals surface area contributed by atoms with E-state index in [9.17, 15) is 19.5 Å². The summed E-state index contributed by atoms with van der Waals surface area (Å²) in [5.74, 6) is -1.71. The van der Waals surface area contributed by atoms with Crippen LogP contribution in [0.25, 0.3) is 0 Å². The minimum absolute atomic E-state index is 0.338. The Bertz CT molecular complexity index is 845. The second-order valence-electron chi connectivity index (χ2n) is 6.36. The predicted octanol–water partition coefficient (Wildman–Crippen LogP) is 2.13. The van der Waals surface area contributed by atoms with E-state index in [0.717, 1.165) is 16.7 Å². The zero-order chi connectivity index (χ0) is 20.0. The van der Waals surface area contributed by atoms with Crippen LogP contribution in [0, 0.1) is 20.8 Å². The summed E-state index contributed by atoms with van der Waals surface area (Å²) in [6.45, 7) is 4.59. The highest BCUT2D eigenvalue weighted by atomic mass is 16.5. The van der Waals surface area contributed by atoms with Gasteiger partial charge in [0.05, 0.1) is 6.61 Å². The van der Waals surface area contributed by atoms with Crippen molar-refractivity contribution in [3.63, 3.8) is 0 Å². The molecule has 0 radical (unpaired) electrons. The molecule has 0 saturated carbocycles. The largest absolute Gasteiger partial charge is 0.456 e. The van der Waals surface area contributed by atoms with E-state index >= 15 is 0 Å². The molecule has 0 saturated heterocycles. The quantitative estimate of drug-likeness (QED) is 0.576. The third-order valence-corrected chi connectivity index (χ3v) is 4.30. The van der Waals surface area contributed by atoms with Crippen molar-refractivity contribution in [1.29, 1.82) is 0 Å². The number of benzene rings is 2. The zero-order valence-corrected chi connectivity index (χ0v) is 15.6. The van der Waals surface area contributed by atoms with Gasteiger partial charge in [0.25, 0.3) is 5.91 Å². The number of Topliss-reactive ketones (excluding diaryl/α,β-unsaturated/α-hetero) is 1. The van der Waals surface area contributed by atoms with Gasteiger partial charge in [-0.3, -0.25) is 9.59 Å². The molecule has 1 amide bonds. The van der Waals surface area contributed by atoms with Crippen LogP contribution < -0.4 is 5.32 Å². The number of nitrogens with one attached hydrogen (secondary N) is 1. The van der Waals surface area contributed by atoms with E-state index in [1.165, 1.54) is 0 Å². The Morgan fingerprint density at radius 2 is 1.63 bits per heavy atom. The molecule has 0 unspecified atom stereocenters. The van der Waals surface area contributed by atoms with Gasteiger partial charge in [0.15, 0.2) is 12.6 Å². The van der Waals surface area contributed by atoms with E-state index in [1.807, 2.05) is 26.8 Å². The third kappa shape index (κ3) is 5.24. The number of carbonyl (C=O) groups is 3. The molecule has 0 aliphatic heterocycles. The van der Waals surface area contributed by atoms with Crippen molar-refractivity contribution < 1.29 is 24.2 Å². The zero-order valence-electron chi connectivity index (χ0n) is 15.6. The van der Waals surface area contributed by atoms with Crippen molar-refractivity contribution >= 4 is 17.7 Å². The van der Waals surface area contributed by atoms with Crippen LogP contribution in [0.3, 0.4) is 0 Å². The average molecular weight is 369 g/mol. The number of esters is 1. The summed E-state index contributed by atoms with van der Waals surface area (Å²) in [6, 6.07) is 10.7. The summed E-state index contributed by atoms with van der Waals surface area (Å²) < 4.78 is 5.01. The molecule has 2 aromatic rings. The Hall–Kier alpha value is -2.99. The number of amides is 1. The molecule has 2 N–H and O–H groups in total. The molecule has 0 spiro atoms. The minimum Gasteiger partial charge on any atom is -0.456 e. The van der Waals surface area contributed by atoms with Crippen molar-refractivity contribution in [2.45, 2.75) is 26.8 Å². The van der Waals surface area contributed by atoms with E-state index < -0.39 is 31.1 Å². The van der Waals surface area contributed by atoms with Crippen LogP contribution in [0.2, 0.25) is 0 Å². The number of rotatable bonds is 7. The predicted molar refractivity (Wildman–Crippen MR) is 101 cm³/mol. The van der Waals surface area contributed by atoms with Crippen molar-refractivity contribution in [2.24, 2.45) is 0 Å². The molecule has 0 aromatic heterocycles. The third-order valence-electron chi connectivity index (χ3n) is 4.30. The number of ether oxygens (including phenoxy) is 1. The first-order valence-corrected chi connectivity index (χ1v) is 8.58. The fourth-order valence-corrected chi connectivity index (χ4v) is 2.59. The maximum Gasteiger partial charge on any atom is 0.331 e. The summed E-state index contributed by atoms with van der Waals surface area (Å²) >= 11 is 0. The lowest BCUT2D eigenvalue weighted by atomic mass is 9.98. The molecule has 0 aliphatic carbocycles. The molecule has 142 valence electrons. The SMILES string of the molecule is Cc1cc(C)c(C(=O)COC(=O)[C@@H](CO)NC(=O)c2ccccc2)cc1C. The summed E-state index contributed by atoms with van der Waals surface area (Å²) in [6.07, 6.45) is 0. The average Bonchev–Trinajstić information content (AvgIpc) is 2.67. The second-order valence-corrected chi connectivity index (χ2v) is 6.36. The highest BCUT2D eigenvalue weighted by molar-refractivity contribution is 6.00. The number of ketones is 1. The Kier molecular flexibility index (Phi) is 6.85. The van der Waals surface area contributed by atoms with Gasteiger partial charge in [-0.15, -0.1) is 0 Å². The number of hydrogen-bond acceptors (Lipinski definition) is 5. The van der Waals surface area contributed by atoms with Crippen molar-refractivity contribution in [1.82, 2.24) is 5.32 Å². The van der Waals surface area contributed by atoms with Crippen molar-refractivity contribution in [3.8, 4) is 0 Å². The van der Waals surface area contributed by atoms with E-state index in [1.54, 1.807) is 36.4 Å². The molecule has 2 rings (SSSR count). The fraction of sp³-hybridized carbons (Fsp3) is 0.286. The number of aliphatic hydroxyl groups excluding tert-OH is 1. The van der Waals surface area contributed by atoms with Crippen molar-refractivity contribution in [3.05, 3.63) is 70.3 Å². The molecule has 0 heterocycles. The lowest BCUT2D eigenvalue weighted by Crippen LogP contribution is -2.44. The first-order chi connectivity index (χ1) is 12.8. The fourth-order valence-electron chi connectivity index (χ4n) is 2.59. The second kappa shape index (κ2) is 9.09. The first-order valence-electron chi connectivity index (χ1n) is 8.58. The van der Waals surface area contributed by atoms with Crippen molar-refractivity contribution in [2.75, 3.05) is 13.2 Å². The highest BCUT2D eigenvalue weighted by Crippen LogP contribution is 2.16. The Balaban J connectivity index is 1.98. The van der Waals surface area contributed by atoms with Gasteiger partial charge in [-0.05, 0) is 55.7 Å². The van der Waals surface area contributed by atoms with Gasteiger partial charge < -0.3 is 15.2 Å². The maximum atomic E-state index is 12.4. The standard InChI is InChI=1S/C21H23NO5/c1-13-9-15(3)17(10-14(13)2)19(24)12-27-21(26)18(11-23)22-20(25)16-7-5-4-6-8-16/h4-10,18,23H,11-12H2,1-3H3,(H,22,25)/t18-/m1/s1. The Morgan fingerprint density at radius 1 is 1.00 bits per heavy atom. The maximum absolute atomic E-state index is 12.4. The summed E-state index contributed by atoms with van der Waals surface area (Å²) in [7, 11) is 0.